The molecule has 21 heavy (non-hydrogen) atoms. The molecular weight excluding hydrogens is 284 g/mol. The standard InChI is InChI=1S/C16H22N2O2S/c1-16(2)11-12(8-10-18(16)21(3,19)20)13-5-4-6-15-14(13)7-9-17-15/h4-7,9,12,17H,8,10-11H2,1-3H3. The molecule has 1 aromatic heterocycles. The Bertz CT molecular complexity index is 761. The Balaban J connectivity index is 1.95. The molecule has 0 amide bonds. The largest absolute Gasteiger partial charge is 0.361 e. The lowest BCUT2D eigenvalue weighted by molar-refractivity contribution is 0.154. The summed E-state index contributed by atoms with van der Waals surface area (Å²) in [4.78, 5) is 3.25. The van der Waals surface area contributed by atoms with Gasteiger partial charge >= 0.3 is 0 Å². The van der Waals surface area contributed by atoms with Crippen molar-refractivity contribution in [3.8, 4) is 0 Å². The Morgan fingerprint density at radius 3 is 2.71 bits per heavy atom. The molecule has 1 unspecified atom stereocenters. The van der Waals surface area contributed by atoms with Crippen LogP contribution < -0.4 is 0 Å². The second kappa shape index (κ2) is 4.85. The van der Waals surface area contributed by atoms with Crippen LogP contribution in [0.3, 0.4) is 0 Å². The van der Waals surface area contributed by atoms with E-state index in [1.54, 1.807) is 4.31 Å². The molecule has 0 saturated carbocycles. The lowest BCUT2D eigenvalue weighted by Gasteiger charge is -2.44. The van der Waals surface area contributed by atoms with Crippen LogP contribution in [0.5, 0.6) is 0 Å². The third kappa shape index (κ3) is 2.60. The first-order valence-electron chi connectivity index (χ1n) is 7.33. The van der Waals surface area contributed by atoms with Crippen molar-refractivity contribution in [2.75, 3.05) is 12.8 Å². The first-order chi connectivity index (χ1) is 9.79. The van der Waals surface area contributed by atoms with E-state index >= 15 is 0 Å². The van der Waals surface area contributed by atoms with E-state index in [0.717, 1.165) is 18.4 Å². The third-order valence-corrected chi connectivity index (χ3v) is 6.05. The predicted octanol–water partition coefficient (Wildman–Crippen LogP) is 3.09. The minimum absolute atomic E-state index is 0.338. The van der Waals surface area contributed by atoms with E-state index in [4.69, 9.17) is 0 Å². The highest BCUT2D eigenvalue weighted by Crippen LogP contribution is 2.40. The van der Waals surface area contributed by atoms with E-state index in [9.17, 15) is 8.42 Å². The topological polar surface area (TPSA) is 53.2 Å². The Hall–Kier alpha value is -1.33. The number of nitrogens with zero attached hydrogens (tertiary/aromatic N) is 1. The van der Waals surface area contributed by atoms with Gasteiger partial charge in [0.05, 0.1) is 6.26 Å². The molecule has 1 N–H and O–H groups in total. The number of hydrogen-bond donors (Lipinski definition) is 1. The van der Waals surface area contributed by atoms with Gasteiger partial charge in [-0.3, -0.25) is 0 Å². The van der Waals surface area contributed by atoms with Crippen molar-refractivity contribution in [1.82, 2.24) is 9.29 Å². The highest BCUT2D eigenvalue weighted by molar-refractivity contribution is 7.88. The molecular formula is C16H22N2O2S. The molecule has 1 atom stereocenters. The summed E-state index contributed by atoms with van der Waals surface area (Å²) in [7, 11) is -3.14. The van der Waals surface area contributed by atoms with E-state index in [0.29, 0.717) is 12.5 Å². The van der Waals surface area contributed by atoms with Crippen LogP contribution >= 0.6 is 0 Å². The molecule has 3 rings (SSSR count). The first-order valence-corrected chi connectivity index (χ1v) is 9.18. The molecule has 0 spiro atoms. The number of H-pyrrole nitrogens is 1. The average Bonchev–Trinajstić information content (AvgIpc) is 2.83. The number of hydrogen-bond acceptors (Lipinski definition) is 2. The Morgan fingerprint density at radius 1 is 1.29 bits per heavy atom. The SMILES string of the molecule is CC1(C)CC(c2cccc3[nH]ccc23)CCN1S(C)(=O)=O. The smallest absolute Gasteiger partial charge is 0.211 e. The lowest BCUT2D eigenvalue weighted by atomic mass is 9.79. The van der Waals surface area contributed by atoms with Crippen LogP contribution in [-0.2, 0) is 10.0 Å². The van der Waals surface area contributed by atoms with Crippen LogP contribution in [-0.4, -0.2) is 36.0 Å². The van der Waals surface area contributed by atoms with Crippen LogP contribution in [0.4, 0.5) is 0 Å². The van der Waals surface area contributed by atoms with Gasteiger partial charge in [-0.15, -0.1) is 0 Å². The molecule has 1 aliphatic heterocycles. The fourth-order valence-electron chi connectivity index (χ4n) is 3.73. The number of piperidine rings is 1. The number of aromatic amines is 1. The van der Waals surface area contributed by atoms with Crippen molar-refractivity contribution >= 4 is 20.9 Å². The Morgan fingerprint density at radius 2 is 2.05 bits per heavy atom. The van der Waals surface area contributed by atoms with Gasteiger partial charge in [0.1, 0.15) is 0 Å². The zero-order chi connectivity index (χ0) is 15.3. The molecule has 1 aromatic carbocycles. The van der Waals surface area contributed by atoms with Gasteiger partial charge in [0.2, 0.25) is 10.0 Å². The first kappa shape index (κ1) is 14.6. The maximum Gasteiger partial charge on any atom is 0.211 e. The summed E-state index contributed by atoms with van der Waals surface area (Å²) < 4.78 is 25.5. The maximum atomic E-state index is 11.9. The average molecular weight is 306 g/mol. The number of rotatable bonds is 2. The molecule has 0 aliphatic carbocycles. The lowest BCUT2D eigenvalue weighted by Crippen LogP contribution is -2.51. The molecule has 0 bridgehead atoms. The Kier molecular flexibility index (Phi) is 3.37. The number of nitrogens with one attached hydrogen (secondary N) is 1. The summed E-state index contributed by atoms with van der Waals surface area (Å²) in [6.45, 7) is 4.65. The van der Waals surface area contributed by atoms with E-state index in [1.165, 1.54) is 17.2 Å². The Labute approximate surface area is 126 Å². The van der Waals surface area contributed by atoms with Crippen LogP contribution in [0.15, 0.2) is 30.5 Å². The quantitative estimate of drug-likeness (QED) is 0.927. The van der Waals surface area contributed by atoms with E-state index in [2.05, 4.69) is 29.2 Å². The molecule has 114 valence electrons. The number of aromatic nitrogens is 1. The fourth-order valence-corrected chi connectivity index (χ4v) is 5.14. The zero-order valence-corrected chi connectivity index (χ0v) is 13.6. The van der Waals surface area contributed by atoms with Crippen LogP contribution in [0.1, 0.15) is 38.2 Å². The summed E-state index contributed by atoms with van der Waals surface area (Å²) in [5.41, 5.74) is 2.14. The van der Waals surface area contributed by atoms with Gasteiger partial charge in [-0.2, -0.15) is 4.31 Å². The van der Waals surface area contributed by atoms with Crippen molar-refractivity contribution in [2.45, 2.75) is 38.1 Å². The molecule has 2 aromatic rings. The predicted molar refractivity (Wildman–Crippen MR) is 85.9 cm³/mol. The number of fused-ring (bicyclic) bond motifs is 1. The number of benzene rings is 1. The maximum absolute atomic E-state index is 11.9. The van der Waals surface area contributed by atoms with E-state index in [1.807, 2.05) is 20.0 Å². The molecule has 4 nitrogen and oxygen atoms in total. The van der Waals surface area contributed by atoms with Gasteiger partial charge in [-0.1, -0.05) is 12.1 Å². The highest BCUT2D eigenvalue weighted by Gasteiger charge is 2.40. The molecule has 1 aliphatic rings. The van der Waals surface area contributed by atoms with Gasteiger partial charge in [0.25, 0.3) is 0 Å². The molecule has 2 heterocycles. The van der Waals surface area contributed by atoms with Gasteiger partial charge in [-0.25, -0.2) is 8.42 Å². The normalized spacial score (nSPS) is 23.5. The third-order valence-electron chi connectivity index (χ3n) is 4.57. The highest BCUT2D eigenvalue weighted by atomic mass is 32.2. The molecule has 5 heteroatoms. The van der Waals surface area contributed by atoms with Crippen LogP contribution in [0.25, 0.3) is 10.9 Å². The zero-order valence-electron chi connectivity index (χ0n) is 12.8. The molecule has 1 fully saturated rings. The summed E-state index contributed by atoms with van der Waals surface area (Å²) in [6, 6.07) is 8.44. The van der Waals surface area contributed by atoms with Gasteiger partial charge in [0, 0.05) is 29.2 Å². The monoisotopic (exact) mass is 306 g/mol. The second-order valence-corrected chi connectivity index (χ2v) is 8.53. The summed E-state index contributed by atoms with van der Waals surface area (Å²) in [6.07, 6.45) is 5.00. The summed E-state index contributed by atoms with van der Waals surface area (Å²) in [5.74, 6) is 0.400. The van der Waals surface area contributed by atoms with Crippen molar-refractivity contribution < 1.29 is 8.42 Å². The summed E-state index contributed by atoms with van der Waals surface area (Å²) in [5, 5.41) is 1.26. The van der Waals surface area contributed by atoms with Crippen molar-refractivity contribution in [3.05, 3.63) is 36.0 Å². The minimum Gasteiger partial charge on any atom is -0.361 e. The number of sulfonamides is 1. The summed E-state index contributed by atoms with van der Waals surface area (Å²) >= 11 is 0. The second-order valence-electron chi connectivity index (χ2n) is 6.62. The molecule has 0 radical (unpaired) electrons. The van der Waals surface area contributed by atoms with Gasteiger partial charge in [0.15, 0.2) is 0 Å². The minimum atomic E-state index is -3.14. The fraction of sp³-hybridized carbons (Fsp3) is 0.500. The molecule has 1 saturated heterocycles. The van der Waals surface area contributed by atoms with Crippen LogP contribution in [0.2, 0.25) is 0 Å². The van der Waals surface area contributed by atoms with E-state index in [-0.39, 0.29) is 5.54 Å². The van der Waals surface area contributed by atoms with Crippen molar-refractivity contribution in [2.24, 2.45) is 0 Å². The van der Waals surface area contributed by atoms with Gasteiger partial charge < -0.3 is 4.98 Å². The van der Waals surface area contributed by atoms with Crippen molar-refractivity contribution in [3.63, 3.8) is 0 Å². The van der Waals surface area contributed by atoms with Crippen LogP contribution in [0, 0.1) is 0 Å². The van der Waals surface area contributed by atoms with Crippen molar-refractivity contribution in [1.29, 1.82) is 0 Å². The van der Waals surface area contributed by atoms with Gasteiger partial charge in [-0.05, 0) is 50.3 Å². The van der Waals surface area contributed by atoms with E-state index < -0.39 is 10.0 Å².